The third-order valence-corrected chi connectivity index (χ3v) is 4.34. The van der Waals surface area contributed by atoms with Gasteiger partial charge in [0.15, 0.2) is 0 Å². The van der Waals surface area contributed by atoms with Crippen LogP contribution in [0.1, 0.15) is 43.6 Å². The highest BCUT2D eigenvalue weighted by Crippen LogP contribution is 2.38. The number of aldehydes is 1. The second-order valence-electron chi connectivity index (χ2n) is 6.63. The number of hydrogen-bond donors (Lipinski definition) is 1. The van der Waals surface area contributed by atoms with Crippen LogP contribution in [0.4, 0.5) is 0 Å². The fraction of sp³-hybridized carbons (Fsp3) is 0.471. The summed E-state index contributed by atoms with van der Waals surface area (Å²) in [6, 6.07) is 7.48. The highest BCUT2D eigenvalue weighted by atomic mass is 16.7. The second-order valence-corrected chi connectivity index (χ2v) is 6.63. The number of carbonyl (C=O) groups is 1. The van der Waals surface area contributed by atoms with Crippen molar-refractivity contribution in [3.63, 3.8) is 0 Å². The van der Waals surface area contributed by atoms with Gasteiger partial charge < -0.3 is 14.6 Å². The number of rotatable bonds is 5. The molecule has 22 heavy (non-hydrogen) atoms. The molecule has 0 atom stereocenters. The third-order valence-electron chi connectivity index (χ3n) is 4.34. The molecule has 1 fully saturated rings. The van der Waals surface area contributed by atoms with Crippen molar-refractivity contribution in [3.05, 3.63) is 40.9 Å². The van der Waals surface area contributed by atoms with Gasteiger partial charge in [0.25, 0.3) is 0 Å². The zero-order chi connectivity index (χ0) is 16.4. The van der Waals surface area contributed by atoms with Crippen molar-refractivity contribution >= 4 is 19.5 Å². The first kappa shape index (κ1) is 16.9. The smallest absolute Gasteiger partial charge is 0.400 e. The predicted octanol–water partition coefficient (Wildman–Crippen LogP) is 2.73. The minimum absolute atomic E-state index is 0.366. The van der Waals surface area contributed by atoms with E-state index in [1.54, 1.807) is 6.07 Å². The Balaban J connectivity index is 2.30. The van der Waals surface area contributed by atoms with Gasteiger partial charge in [0, 0.05) is 12.1 Å². The molecule has 1 aromatic carbocycles. The fourth-order valence-electron chi connectivity index (χ4n) is 2.34. The summed E-state index contributed by atoms with van der Waals surface area (Å²) < 4.78 is 12.2. The minimum Gasteiger partial charge on any atom is -0.400 e. The number of nitrogens with one attached hydrogen (secondary N) is 1. The summed E-state index contributed by atoms with van der Waals surface area (Å²) in [6.45, 7) is 8.81. The van der Waals surface area contributed by atoms with Crippen molar-refractivity contribution in [2.45, 2.75) is 38.9 Å². The molecule has 118 valence electrons. The average Bonchev–Trinajstić information content (AvgIpc) is 2.67. The first-order valence-corrected chi connectivity index (χ1v) is 7.55. The van der Waals surface area contributed by atoms with E-state index in [1.165, 1.54) is 0 Å². The van der Waals surface area contributed by atoms with E-state index in [9.17, 15) is 4.79 Å². The summed E-state index contributed by atoms with van der Waals surface area (Å²) in [4.78, 5) is 10.9. The Hall–Kier alpha value is -1.43. The number of benzene rings is 1. The fourth-order valence-corrected chi connectivity index (χ4v) is 2.34. The molecule has 0 aromatic heterocycles. The van der Waals surface area contributed by atoms with Gasteiger partial charge in [-0.15, -0.1) is 0 Å². The molecule has 0 bridgehead atoms. The van der Waals surface area contributed by atoms with Crippen LogP contribution in [-0.4, -0.2) is 38.2 Å². The maximum atomic E-state index is 10.9. The van der Waals surface area contributed by atoms with Gasteiger partial charge in [-0.2, -0.15) is 0 Å². The normalized spacial score (nSPS) is 20.2. The van der Waals surface area contributed by atoms with Gasteiger partial charge in [-0.3, -0.25) is 4.79 Å². The van der Waals surface area contributed by atoms with Gasteiger partial charge in [-0.25, -0.2) is 0 Å². The van der Waals surface area contributed by atoms with E-state index in [1.807, 2.05) is 59.0 Å². The highest BCUT2D eigenvalue weighted by Gasteiger charge is 2.52. The molecule has 0 unspecified atom stereocenters. The van der Waals surface area contributed by atoms with Crippen LogP contribution in [0.25, 0.3) is 6.08 Å². The van der Waals surface area contributed by atoms with Crippen LogP contribution >= 0.6 is 0 Å². The van der Waals surface area contributed by atoms with Gasteiger partial charge in [-0.1, -0.05) is 24.3 Å². The molecule has 0 radical (unpaired) electrons. The lowest BCUT2D eigenvalue weighted by Crippen LogP contribution is -2.41. The van der Waals surface area contributed by atoms with E-state index in [0.29, 0.717) is 12.1 Å². The molecule has 0 amide bonds. The lowest BCUT2D eigenvalue weighted by atomic mass is 9.77. The van der Waals surface area contributed by atoms with Crippen LogP contribution in [0.5, 0.6) is 0 Å². The SMILES string of the molecule is CNCC(=Cc1cccc(C=O)c1)B1OC(C)(C)C(C)(C)O1. The molecule has 1 heterocycles. The summed E-state index contributed by atoms with van der Waals surface area (Å²) in [5.74, 6) is 0. The molecule has 1 aromatic rings. The third kappa shape index (κ3) is 3.48. The summed E-state index contributed by atoms with van der Waals surface area (Å²) in [5, 5.41) is 3.15. The quantitative estimate of drug-likeness (QED) is 0.671. The number of carbonyl (C=O) groups excluding carboxylic acids is 1. The largest absolute Gasteiger partial charge is 0.491 e. The monoisotopic (exact) mass is 301 g/mol. The zero-order valence-electron chi connectivity index (χ0n) is 14.0. The Morgan fingerprint density at radius 2 is 1.77 bits per heavy atom. The predicted molar refractivity (Wildman–Crippen MR) is 89.8 cm³/mol. The van der Waals surface area contributed by atoms with Crippen LogP contribution in [-0.2, 0) is 9.31 Å². The van der Waals surface area contributed by atoms with Crippen molar-refractivity contribution in [3.8, 4) is 0 Å². The van der Waals surface area contributed by atoms with E-state index in [-0.39, 0.29) is 11.2 Å². The van der Waals surface area contributed by atoms with E-state index in [2.05, 4.69) is 5.32 Å². The Kier molecular flexibility index (Phi) is 4.90. The average molecular weight is 301 g/mol. The Morgan fingerprint density at radius 3 is 2.32 bits per heavy atom. The summed E-state index contributed by atoms with van der Waals surface area (Å²) in [5.41, 5.74) is 1.89. The molecular weight excluding hydrogens is 277 g/mol. The van der Waals surface area contributed by atoms with Crippen LogP contribution in [0.3, 0.4) is 0 Å². The van der Waals surface area contributed by atoms with Crippen LogP contribution in [0.2, 0.25) is 0 Å². The van der Waals surface area contributed by atoms with Crippen molar-refractivity contribution in [2.75, 3.05) is 13.6 Å². The molecule has 1 saturated heterocycles. The van der Waals surface area contributed by atoms with E-state index < -0.39 is 7.12 Å². The lowest BCUT2D eigenvalue weighted by molar-refractivity contribution is 0.00578. The van der Waals surface area contributed by atoms with Gasteiger partial charge in [0.2, 0.25) is 0 Å². The Bertz CT molecular complexity index is 565. The lowest BCUT2D eigenvalue weighted by Gasteiger charge is -2.32. The van der Waals surface area contributed by atoms with Crippen LogP contribution in [0, 0.1) is 0 Å². The maximum absolute atomic E-state index is 10.9. The first-order valence-electron chi connectivity index (χ1n) is 7.55. The number of hydrogen-bond acceptors (Lipinski definition) is 4. The molecule has 2 rings (SSSR count). The van der Waals surface area contributed by atoms with Crippen molar-refractivity contribution in [1.29, 1.82) is 0 Å². The Labute approximate surface area is 133 Å². The number of likely N-dealkylation sites (N-methyl/N-ethyl adjacent to an activating group) is 1. The second kappa shape index (κ2) is 6.36. The van der Waals surface area contributed by atoms with Gasteiger partial charge in [0.1, 0.15) is 6.29 Å². The molecular formula is C17H24BNO3. The summed E-state index contributed by atoms with van der Waals surface area (Å²) in [6.07, 6.45) is 2.87. The molecule has 1 aliphatic rings. The van der Waals surface area contributed by atoms with Crippen molar-refractivity contribution in [1.82, 2.24) is 5.32 Å². The first-order chi connectivity index (χ1) is 10.3. The molecule has 4 nitrogen and oxygen atoms in total. The maximum Gasteiger partial charge on any atom is 0.491 e. The van der Waals surface area contributed by atoms with Gasteiger partial charge >= 0.3 is 7.12 Å². The molecule has 0 spiro atoms. The van der Waals surface area contributed by atoms with Crippen LogP contribution < -0.4 is 5.32 Å². The van der Waals surface area contributed by atoms with Gasteiger partial charge in [0.05, 0.1) is 11.2 Å². The summed E-state index contributed by atoms with van der Waals surface area (Å²) in [7, 11) is 1.50. The van der Waals surface area contributed by atoms with Crippen LogP contribution in [0.15, 0.2) is 29.7 Å². The molecule has 1 N–H and O–H groups in total. The van der Waals surface area contributed by atoms with E-state index in [0.717, 1.165) is 17.3 Å². The van der Waals surface area contributed by atoms with E-state index in [4.69, 9.17) is 9.31 Å². The van der Waals surface area contributed by atoms with Crippen molar-refractivity contribution < 1.29 is 14.1 Å². The molecule has 1 aliphatic heterocycles. The molecule has 0 saturated carbocycles. The zero-order valence-corrected chi connectivity index (χ0v) is 14.0. The molecule has 5 heteroatoms. The van der Waals surface area contributed by atoms with Crippen molar-refractivity contribution in [2.24, 2.45) is 0 Å². The standard InChI is InChI=1S/C17H24BNO3/c1-16(2)17(3,4)22-18(21-16)15(11-19-5)10-13-7-6-8-14(9-13)12-20/h6-10,12,19H,11H2,1-5H3. The van der Waals surface area contributed by atoms with E-state index >= 15 is 0 Å². The summed E-state index contributed by atoms with van der Waals surface area (Å²) >= 11 is 0. The van der Waals surface area contributed by atoms with Gasteiger partial charge in [-0.05, 0) is 51.8 Å². The topological polar surface area (TPSA) is 47.6 Å². The Morgan fingerprint density at radius 1 is 1.18 bits per heavy atom. The highest BCUT2D eigenvalue weighted by molar-refractivity contribution is 6.55. The minimum atomic E-state index is -0.391. The molecule has 0 aliphatic carbocycles.